The lowest BCUT2D eigenvalue weighted by Crippen LogP contribution is -1.93. The number of hydrogen-bond donors (Lipinski definition) is 1. The first-order chi connectivity index (χ1) is 7.58. The zero-order valence-electron chi connectivity index (χ0n) is 8.18. The Morgan fingerprint density at radius 3 is 1.88 bits per heavy atom. The van der Waals surface area contributed by atoms with E-state index in [9.17, 15) is 13.2 Å². The molecule has 0 aromatic heterocycles. The van der Waals surface area contributed by atoms with Gasteiger partial charge in [-0.05, 0) is 30.3 Å². The molecule has 82 valence electrons. The molecule has 1 nitrogen and oxygen atoms in total. The third kappa shape index (κ3) is 1.86. The van der Waals surface area contributed by atoms with Crippen molar-refractivity contribution >= 4 is 5.69 Å². The Kier molecular flexibility index (Phi) is 2.56. The monoisotopic (exact) mass is 223 g/mol. The molecule has 0 amide bonds. The van der Waals surface area contributed by atoms with Crippen LogP contribution in [0.2, 0.25) is 0 Å². The number of halogens is 3. The fraction of sp³-hybridized carbons (Fsp3) is 0. The van der Waals surface area contributed by atoms with E-state index in [0.29, 0.717) is 5.56 Å². The minimum Gasteiger partial charge on any atom is -0.398 e. The van der Waals surface area contributed by atoms with Gasteiger partial charge in [-0.15, -0.1) is 0 Å². The molecule has 0 aliphatic carbocycles. The smallest absolute Gasteiger partial charge is 0.134 e. The second-order valence-corrected chi connectivity index (χ2v) is 3.36. The maximum atomic E-state index is 13.4. The lowest BCUT2D eigenvalue weighted by atomic mass is 10.0. The van der Waals surface area contributed by atoms with Gasteiger partial charge in [0, 0.05) is 22.9 Å². The Morgan fingerprint density at radius 1 is 0.750 bits per heavy atom. The lowest BCUT2D eigenvalue weighted by molar-refractivity contribution is 0.585. The number of nitrogen functional groups attached to an aromatic ring is 1. The summed E-state index contributed by atoms with van der Waals surface area (Å²) in [6.07, 6.45) is 0. The molecular weight excluding hydrogens is 215 g/mol. The van der Waals surface area contributed by atoms with Gasteiger partial charge in [0.2, 0.25) is 0 Å². The van der Waals surface area contributed by atoms with Crippen LogP contribution in [0.5, 0.6) is 0 Å². The van der Waals surface area contributed by atoms with E-state index in [0.717, 1.165) is 18.2 Å². The van der Waals surface area contributed by atoms with Crippen molar-refractivity contribution in [2.24, 2.45) is 0 Å². The van der Waals surface area contributed by atoms with E-state index in [1.54, 1.807) is 0 Å². The van der Waals surface area contributed by atoms with Gasteiger partial charge in [-0.25, -0.2) is 13.2 Å². The minimum atomic E-state index is -0.724. The van der Waals surface area contributed by atoms with Crippen molar-refractivity contribution in [1.82, 2.24) is 0 Å². The standard InChI is InChI=1S/C12H8F3N/c13-7-1-3-9(11(15)5-7)10-4-2-8(14)6-12(10)16/h1-6H,16H2. The van der Waals surface area contributed by atoms with E-state index < -0.39 is 17.5 Å². The number of benzene rings is 2. The van der Waals surface area contributed by atoms with Crippen molar-refractivity contribution in [2.45, 2.75) is 0 Å². The third-order valence-corrected chi connectivity index (χ3v) is 2.23. The summed E-state index contributed by atoms with van der Waals surface area (Å²) in [5.74, 6) is -1.89. The summed E-state index contributed by atoms with van der Waals surface area (Å²) >= 11 is 0. The molecule has 0 radical (unpaired) electrons. The SMILES string of the molecule is Nc1cc(F)ccc1-c1ccc(F)cc1F. The summed E-state index contributed by atoms with van der Waals surface area (Å²) in [6, 6.07) is 6.79. The van der Waals surface area contributed by atoms with Crippen LogP contribution < -0.4 is 5.73 Å². The molecule has 2 aromatic carbocycles. The van der Waals surface area contributed by atoms with Crippen LogP contribution in [-0.4, -0.2) is 0 Å². The van der Waals surface area contributed by atoms with Gasteiger partial charge in [0.05, 0.1) is 0 Å². The zero-order valence-corrected chi connectivity index (χ0v) is 8.18. The largest absolute Gasteiger partial charge is 0.398 e. The second kappa shape index (κ2) is 3.89. The summed E-state index contributed by atoms with van der Waals surface area (Å²) in [5.41, 5.74) is 6.17. The highest BCUT2D eigenvalue weighted by Gasteiger charge is 2.09. The molecule has 0 aliphatic rings. The quantitative estimate of drug-likeness (QED) is 0.737. The van der Waals surface area contributed by atoms with Gasteiger partial charge >= 0.3 is 0 Å². The Balaban J connectivity index is 2.59. The molecule has 0 fully saturated rings. The number of nitrogens with two attached hydrogens (primary N) is 1. The van der Waals surface area contributed by atoms with E-state index >= 15 is 0 Å². The summed E-state index contributed by atoms with van der Waals surface area (Å²) in [5, 5.41) is 0. The molecular formula is C12H8F3N. The summed E-state index contributed by atoms with van der Waals surface area (Å²) < 4.78 is 38.9. The fourth-order valence-corrected chi connectivity index (χ4v) is 1.49. The molecule has 2 aromatic rings. The predicted octanol–water partition coefficient (Wildman–Crippen LogP) is 3.35. The fourth-order valence-electron chi connectivity index (χ4n) is 1.49. The molecule has 0 spiro atoms. The first kappa shape index (κ1) is 10.5. The van der Waals surface area contributed by atoms with Crippen LogP contribution >= 0.6 is 0 Å². The van der Waals surface area contributed by atoms with Crippen LogP contribution in [-0.2, 0) is 0 Å². The highest BCUT2D eigenvalue weighted by molar-refractivity contribution is 5.76. The van der Waals surface area contributed by atoms with Crippen LogP contribution in [0.3, 0.4) is 0 Å². The van der Waals surface area contributed by atoms with Gasteiger partial charge in [-0.3, -0.25) is 0 Å². The van der Waals surface area contributed by atoms with Crippen LogP contribution in [0.15, 0.2) is 36.4 Å². The van der Waals surface area contributed by atoms with E-state index in [1.165, 1.54) is 18.2 Å². The molecule has 0 saturated heterocycles. The average molecular weight is 223 g/mol. The topological polar surface area (TPSA) is 26.0 Å². The van der Waals surface area contributed by atoms with E-state index in [2.05, 4.69) is 0 Å². The normalized spacial score (nSPS) is 10.4. The maximum absolute atomic E-state index is 13.4. The van der Waals surface area contributed by atoms with Crippen LogP contribution in [0.1, 0.15) is 0 Å². The number of hydrogen-bond acceptors (Lipinski definition) is 1. The van der Waals surface area contributed by atoms with Gasteiger partial charge in [0.1, 0.15) is 17.5 Å². The van der Waals surface area contributed by atoms with Crippen LogP contribution in [0.25, 0.3) is 11.1 Å². The van der Waals surface area contributed by atoms with Gasteiger partial charge in [-0.1, -0.05) is 0 Å². The first-order valence-corrected chi connectivity index (χ1v) is 4.58. The lowest BCUT2D eigenvalue weighted by Gasteiger charge is -2.07. The average Bonchev–Trinajstić information content (AvgIpc) is 2.19. The molecule has 0 atom stereocenters. The maximum Gasteiger partial charge on any atom is 0.134 e. The first-order valence-electron chi connectivity index (χ1n) is 4.58. The van der Waals surface area contributed by atoms with Crippen molar-refractivity contribution in [2.75, 3.05) is 5.73 Å². The zero-order chi connectivity index (χ0) is 11.7. The Morgan fingerprint density at radius 2 is 1.31 bits per heavy atom. The van der Waals surface area contributed by atoms with Crippen molar-refractivity contribution in [3.63, 3.8) is 0 Å². The summed E-state index contributed by atoms with van der Waals surface area (Å²) in [7, 11) is 0. The molecule has 4 heteroatoms. The second-order valence-electron chi connectivity index (χ2n) is 3.36. The summed E-state index contributed by atoms with van der Waals surface area (Å²) in [4.78, 5) is 0. The molecule has 0 aliphatic heterocycles. The third-order valence-electron chi connectivity index (χ3n) is 2.23. The van der Waals surface area contributed by atoms with Crippen LogP contribution in [0, 0.1) is 17.5 Å². The molecule has 0 unspecified atom stereocenters. The van der Waals surface area contributed by atoms with Crippen molar-refractivity contribution in [1.29, 1.82) is 0 Å². The van der Waals surface area contributed by atoms with Gasteiger partial charge in [-0.2, -0.15) is 0 Å². The van der Waals surface area contributed by atoms with E-state index in [4.69, 9.17) is 5.73 Å². The Bertz CT molecular complexity index is 488. The number of rotatable bonds is 1. The highest BCUT2D eigenvalue weighted by Crippen LogP contribution is 2.28. The van der Waals surface area contributed by atoms with Gasteiger partial charge in [0.25, 0.3) is 0 Å². The molecule has 0 heterocycles. The van der Waals surface area contributed by atoms with E-state index in [-0.39, 0.29) is 11.3 Å². The molecule has 2 rings (SSSR count). The predicted molar refractivity (Wildman–Crippen MR) is 56.2 cm³/mol. The van der Waals surface area contributed by atoms with Crippen LogP contribution in [0.4, 0.5) is 18.9 Å². The molecule has 0 saturated carbocycles. The highest BCUT2D eigenvalue weighted by atomic mass is 19.1. The summed E-state index contributed by atoms with van der Waals surface area (Å²) in [6.45, 7) is 0. The Labute approximate surface area is 90.3 Å². The van der Waals surface area contributed by atoms with E-state index in [1.807, 2.05) is 0 Å². The van der Waals surface area contributed by atoms with Crippen molar-refractivity contribution < 1.29 is 13.2 Å². The molecule has 0 bridgehead atoms. The Hall–Kier alpha value is -1.97. The molecule has 16 heavy (non-hydrogen) atoms. The minimum absolute atomic E-state index is 0.116. The number of anilines is 1. The van der Waals surface area contributed by atoms with Crippen molar-refractivity contribution in [3.05, 3.63) is 53.8 Å². The van der Waals surface area contributed by atoms with Gasteiger partial charge in [0.15, 0.2) is 0 Å². The van der Waals surface area contributed by atoms with Crippen molar-refractivity contribution in [3.8, 4) is 11.1 Å². The van der Waals surface area contributed by atoms with Gasteiger partial charge < -0.3 is 5.73 Å². The molecule has 2 N–H and O–H groups in total.